The van der Waals surface area contributed by atoms with Crippen LogP contribution >= 0.6 is 12.6 Å². The second-order valence-corrected chi connectivity index (χ2v) is 1.97. The zero-order valence-corrected chi connectivity index (χ0v) is 5.42. The standard InChI is InChI=1S/C5H11FS/c1-2-5(6)3-4-7/h5,7H,2-4H2,1H3. The van der Waals surface area contributed by atoms with Crippen LogP contribution in [0.1, 0.15) is 19.8 Å². The van der Waals surface area contributed by atoms with E-state index >= 15 is 0 Å². The third kappa shape index (κ3) is 4.13. The van der Waals surface area contributed by atoms with Crippen molar-refractivity contribution in [3.05, 3.63) is 0 Å². The number of halogens is 1. The Kier molecular flexibility index (Phi) is 4.62. The van der Waals surface area contributed by atoms with E-state index in [9.17, 15) is 4.39 Å². The molecular formula is C5H11FS. The van der Waals surface area contributed by atoms with Crippen LogP contribution in [0.3, 0.4) is 0 Å². The lowest BCUT2D eigenvalue weighted by molar-refractivity contribution is 0.318. The molecule has 2 heteroatoms. The summed E-state index contributed by atoms with van der Waals surface area (Å²) in [5.41, 5.74) is 0. The zero-order chi connectivity index (χ0) is 5.70. The molecule has 0 aliphatic rings. The summed E-state index contributed by atoms with van der Waals surface area (Å²) in [6.45, 7) is 1.84. The lowest BCUT2D eigenvalue weighted by Gasteiger charge is -1.97. The van der Waals surface area contributed by atoms with Crippen LogP contribution in [0.15, 0.2) is 0 Å². The Balaban J connectivity index is 2.83. The Morgan fingerprint density at radius 2 is 2.29 bits per heavy atom. The van der Waals surface area contributed by atoms with Crippen molar-refractivity contribution < 1.29 is 4.39 Å². The van der Waals surface area contributed by atoms with Gasteiger partial charge in [0.05, 0.1) is 0 Å². The molecule has 0 aliphatic heterocycles. The number of hydrogen-bond donors (Lipinski definition) is 1. The highest BCUT2D eigenvalue weighted by Gasteiger charge is 1.97. The summed E-state index contributed by atoms with van der Waals surface area (Å²) in [5.74, 6) is 0.662. The predicted octanol–water partition coefficient (Wildman–Crippen LogP) is 2.05. The largest absolute Gasteiger partial charge is 0.247 e. The molecule has 1 atom stereocenters. The van der Waals surface area contributed by atoms with Crippen molar-refractivity contribution in [3.63, 3.8) is 0 Å². The van der Waals surface area contributed by atoms with Gasteiger partial charge in [-0.15, -0.1) is 0 Å². The summed E-state index contributed by atoms with van der Waals surface area (Å²) in [6.07, 6.45) is 0.595. The molecule has 44 valence electrons. The molecule has 0 aliphatic carbocycles. The first-order valence-electron chi connectivity index (χ1n) is 2.56. The lowest BCUT2D eigenvalue weighted by Crippen LogP contribution is -1.96. The quantitative estimate of drug-likeness (QED) is 0.544. The fourth-order valence-electron chi connectivity index (χ4n) is 0.344. The van der Waals surface area contributed by atoms with Crippen molar-refractivity contribution in [2.45, 2.75) is 25.9 Å². The minimum Gasteiger partial charge on any atom is -0.247 e. The molecule has 0 bridgehead atoms. The maximum absolute atomic E-state index is 12.1. The van der Waals surface area contributed by atoms with Gasteiger partial charge in [0.2, 0.25) is 0 Å². The second kappa shape index (κ2) is 4.44. The van der Waals surface area contributed by atoms with Gasteiger partial charge < -0.3 is 0 Å². The van der Waals surface area contributed by atoms with Gasteiger partial charge in [-0.05, 0) is 18.6 Å². The maximum Gasteiger partial charge on any atom is 0.101 e. The molecular weight excluding hydrogens is 111 g/mol. The summed E-state index contributed by atoms with van der Waals surface area (Å²) in [5, 5.41) is 0. The Bertz CT molecular complexity index is 39.1. The molecule has 0 spiro atoms. The van der Waals surface area contributed by atoms with Gasteiger partial charge in [-0.3, -0.25) is 0 Å². The Morgan fingerprint density at radius 1 is 1.71 bits per heavy atom. The molecule has 0 fully saturated rings. The highest BCUT2D eigenvalue weighted by molar-refractivity contribution is 7.80. The van der Waals surface area contributed by atoms with Gasteiger partial charge in [0, 0.05) is 0 Å². The molecule has 0 amide bonds. The monoisotopic (exact) mass is 122 g/mol. The Labute approximate surface area is 49.5 Å². The molecule has 0 aromatic carbocycles. The first kappa shape index (κ1) is 7.28. The minimum atomic E-state index is -0.627. The molecule has 0 rings (SSSR count). The van der Waals surface area contributed by atoms with Gasteiger partial charge >= 0.3 is 0 Å². The van der Waals surface area contributed by atoms with E-state index < -0.39 is 6.17 Å². The van der Waals surface area contributed by atoms with Gasteiger partial charge in [-0.2, -0.15) is 12.6 Å². The van der Waals surface area contributed by atoms with E-state index in [2.05, 4.69) is 12.6 Å². The molecule has 0 saturated heterocycles. The minimum absolute atomic E-state index is 0.597. The molecule has 0 heterocycles. The molecule has 0 N–H and O–H groups in total. The van der Waals surface area contributed by atoms with Crippen LogP contribution in [0.2, 0.25) is 0 Å². The highest BCUT2D eigenvalue weighted by atomic mass is 32.1. The average Bonchev–Trinajstić information content (AvgIpc) is 1.68. The Morgan fingerprint density at radius 3 is 2.43 bits per heavy atom. The van der Waals surface area contributed by atoms with E-state index in [0.29, 0.717) is 18.6 Å². The average molecular weight is 122 g/mol. The number of thiol groups is 1. The van der Waals surface area contributed by atoms with Crippen LogP contribution in [-0.2, 0) is 0 Å². The van der Waals surface area contributed by atoms with Crippen molar-refractivity contribution in [3.8, 4) is 0 Å². The van der Waals surface area contributed by atoms with Crippen LogP contribution in [0, 0.1) is 0 Å². The Hall–Kier alpha value is 0.280. The molecule has 0 aromatic rings. The van der Waals surface area contributed by atoms with Gasteiger partial charge in [-0.1, -0.05) is 6.92 Å². The molecule has 7 heavy (non-hydrogen) atoms. The van der Waals surface area contributed by atoms with Crippen LogP contribution in [0.4, 0.5) is 4.39 Å². The van der Waals surface area contributed by atoms with Crippen molar-refractivity contribution in [1.82, 2.24) is 0 Å². The van der Waals surface area contributed by atoms with Gasteiger partial charge in [0.15, 0.2) is 0 Å². The molecule has 0 saturated carbocycles. The molecule has 0 aromatic heterocycles. The van der Waals surface area contributed by atoms with Crippen molar-refractivity contribution >= 4 is 12.6 Å². The van der Waals surface area contributed by atoms with Gasteiger partial charge in [-0.25, -0.2) is 4.39 Å². The number of hydrogen-bond acceptors (Lipinski definition) is 1. The van der Waals surface area contributed by atoms with E-state index in [1.54, 1.807) is 0 Å². The summed E-state index contributed by atoms with van der Waals surface area (Å²) in [4.78, 5) is 0. The SMILES string of the molecule is CCC(F)CCS. The van der Waals surface area contributed by atoms with E-state index in [0.717, 1.165) is 0 Å². The van der Waals surface area contributed by atoms with Gasteiger partial charge in [0.25, 0.3) is 0 Å². The van der Waals surface area contributed by atoms with Crippen LogP contribution in [-0.4, -0.2) is 11.9 Å². The van der Waals surface area contributed by atoms with Crippen LogP contribution in [0.25, 0.3) is 0 Å². The van der Waals surface area contributed by atoms with E-state index in [1.165, 1.54) is 0 Å². The maximum atomic E-state index is 12.1. The number of alkyl halides is 1. The zero-order valence-electron chi connectivity index (χ0n) is 4.52. The summed E-state index contributed by atoms with van der Waals surface area (Å²) >= 11 is 3.87. The normalized spacial score (nSPS) is 14.1. The lowest BCUT2D eigenvalue weighted by atomic mass is 10.2. The van der Waals surface area contributed by atoms with E-state index in [-0.39, 0.29) is 0 Å². The fraction of sp³-hybridized carbons (Fsp3) is 1.00. The first-order chi connectivity index (χ1) is 3.31. The van der Waals surface area contributed by atoms with Crippen molar-refractivity contribution in [2.24, 2.45) is 0 Å². The van der Waals surface area contributed by atoms with Crippen molar-refractivity contribution in [2.75, 3.05) is 5.75 Å². The third-order valence-electron chi connectivity index (χ3n) is 0.885. The van der Waals surface area contributed by atoms with Gasteiger partial charge in [0.1, 0.15) is 6.17 Å². The van der Waals surface area contributed by atoms with Crippen LogP contribution in [0.5, 0.6) is 0 Å². The predicted molar refractivity (Wildman–Crippen MR) is 33.7 cm³/mol. The summed E-state index contributed by atoms with van der Waals surface area (Å²) in [7, 11) is 0. The smallest absolute Gasteiger partial charge is 0.101 e. The third-order valence-corrected chi connectivity index (χ3v) is 1.14. The molecule has 0 nitrogen and oxygen atoms in total. The number of rotatable bonds is 3. The molecule has 1 unspecified atom stereocenters. The summed E-state index contributed by atoms with van der Waals surface area (Å²) < 4.78 is 12.1. The highest BCUT2D eigenvalue weighted by Crippen LogP contribution is 2.02. The van der Waals surface area contributed by atoms with E-state index in [1.807, 2.05) is 6.92 Å². The first-order valence-corrected chi connectivity index (χ1v) is 3.19. The van der Waals surface area contributed by atoms with E-state index in [4.69, 9.17) is 0 Å². The van der Waals surface area contributed by atoms with Crippen LogP contribution < -0.4 is 0 Å². The second-order valence-electron chi connectivity index (χ2n) is 1.52. The molecule has 0 radical (unpaired) electrons. The fourth-order valence-corrected chi connectivity index (χ4v) is 0.624. The summed E-state index contributed by atoms with van der Waals surface area (Å²) in [6, 6.07) is 0. The van der Waals surface area contributed by atoms with Crippen molar-refractivity contribution in [1.29, 1.82) is 0 Å². The topological polar surface area (TPSA) is 0 Å².